The van der Waals surface area contributed by atoms with Crippen LogP contribution in [0.15, 0.2) is 18.2 Å². The van der Waals surface area contributed by atoms with Crippen LogP contribution in [0.25, 0.3) is 0 Å². The Balaban J connectivity index is 3.11. The Labute approximate surface area is 97.5 Å². The van der Waals surface area contributed by atoms with Crippen LogP contribution in [0.1, 0.15) is 22.8 Å². The van der Waals surface area contributed by atoms with Crippen molar-refractivity contribution in [2.24, 2.45) is 0 Å². The van der Waals surface area contributed by atoms with Gasteiger partial charge in [0.15, 0.2) is 0 Å². The van der Waals surface area contributed by atoms with Gasteiger partial charge in [-0.05, 0) is 13.0 Å². The fourth-order valence-electron chi connectivity index (χ4n) is 1.30. The number of carbonyl (C=O) groups is 1. The number of hydrogen-bond donors (Lipinski definition) is 0. The lowest BCUT2D eigenvalue weighted by atomic mass is 10.1. The van der Waals surface area contributed by atoms with Gasteiger partial charge in [-0.15, -0.1) is 0 Å². The van der Waals surface area contributed by atoms with Crippen LogP contribution in [-0.2, 0) is 10.1 Å². The van der Waals surface area contributed by atoms with Gasteiger partial charge in [0.1, 0.15) is 11.3 Å². The fourth-order valence-corrected chi connectivity index (χ4v) is 1.74. The highest BCUT2D eigenvalue weighted by atomic mass is 79.9. The predicted molar refractivity (Wildman–Crippen MR) is 61.6 cm³/mol. The molecule has 1 aromatic carbocycles. The molecule has 82 valence electrons. The van der Waals surface area contributed by atoms with Crippen LogP contribution < -0.4 is 4.74 Å². The molecule has 0 fully saturated rings. The molecule has 0 unspecified atom stereocenters. The minimum absolute atomic E-state index is 0.350. The SMILES string of the molecule is CCOC(=O)c1cccc(CBr)c1OC. The molecule has 0 aliphatic heterocycles. The van der Waals surface area contributed by atoms with Crippen LogP contribution in [0.4, 0.5) is 0 Å². The Morgan fingerprint density at radius 1 is 1.47 bits per heavy atom. The number of alkyl halides is 1. The van der Waals surface area contributed by atoms with Gasteiger partial charge in [0.2, 0.25) is 0 Å². The topological polar surface area (TPSA) is 35.5 Å². The summed E-state index contributed by atoms with van der Waals surface area (Å²) >= 11 is 3.34. The molecule has 0 aliphatic carbocycles. The van der Waals surface area contributed by atoms with E-state index in [0.29, 0.717) is 23.2 Å². The van der Waals surface area contributed by atoms with Gasteiger partial charge in [-0.2, -0.15) is 0 Å². The second-order valence-corrected chi connectivity index (χ2v) is 3.41. The zero-order valence-electron chi connectivity index (χ0n) is 8.75. The first-order valence-electron chi connectivity index (χ1n) is 4.63. The number of rotatable bonds is 4. The maximum atomic E-state index is 11.6. The predicted octanol–water partition coefficient (Wildman–Crippen LogP) is 2.77. The molecular formula is C11H13BrO3. The molecule has 0 spiro atoms. The summed E-state index contributed by atoms with van der Waals surface area (Å²) in [6, 6.07) is 5.41. The zero-order chi connectivity index (χ0) is 11.3. The summed E-state index contributed by atoms with van der Waals surface area (Å²) in [6.07, 6.45) is 0. The van der Waals surface area contributed by atoms with Crippen molar-refractivity contribution in [1.82, 2.24) is 0 Å². The normalized spacial score (nSPS) is 9.80. The number of benzene rings is 1. The first kappa shape index (κ1) is 12.0. The van der Waals surface area contributed by atoms with Gasteiger partial charge < -0.3 is 9.47 Å². The van der Waals surface area contributed by atoms with Crippen molar-refractivity contribution in [3.05, 3.63) is 29.3 Å². The lowest BCUT2D eigenvalue weighted by molar-refractivity contribution is 0.0522. The van der Waals surface area contributed by atoms with Crippen molar-refractivity contribution in [3.8, 4) is 5.75 Å². The number of para-hydroxylation sites is 1. The molecule has 1 aromatic rings. The summed E-state index contributed by atoms with van der Waals surface area (Å²) < 4.78 is 10.1. The van der Waals surface area contributed by atoms with E-state index < -0.39 is 0 Å². The minimum atomic E-state index is -0.350. The number of halogens is 1. The molecular weight excluding hydrogens is 260 g/mol. The maximum absolute atomic E-state index is 11.6. The lowest BCUT2D eigenvalue weighted by Crippen LogP contribution is -2.07. The summed E-state index contributed by atoms with van der Waals surface area (Å²) in [5.74, 6) is 0.227. The third-order valence-electron chi connectivity index (χ3n) is 1.94. The van der Waals surface area contributed by atoms with Gasteiger partial charge in [0.25, 0.3) is 0 Å². The standard InChI is InChI=1S/C11H13BrO3/c1-3-15-11(13)9-6-4-5-8(7-12)10(9)14-2/h4-6H,3,7H2,1-2H3. The van der Waals surface area contributed by atoms with Crippen molar-refractivity contribution >= 4 is 21.9 Å². The summed E-state index contributed by atoms with van der Waals surface area (Å²) in [5.41, 5.74) is 1.40. The average Bonchev–Trinajstić information content (AvgIpc) is 2.28. The largest absolute Gasteiger partial charge is 0.496 e. The van der Waals surface area contributed by atoms with E-state index in [1.807, 2.05) is 12.1 Å². The highest BCUT2D eigenvalue weighted by Gasteiger charge is 2.15. The Hall–Kier alpha value is -1.03. The molecule has 0 saturated carbocycles. The molecule has 0 bridgehead atoms. The number of ether oxygens (including phenoxy) is 2. The van der Waals surface area contributed by atoms with E-state index in [1.54, 1.807) is 20.1 Å². The monoisotopic (exact) mass is 272 g/mol. The summed E-state index contributed by atoms with van der Waals surface area (Å²) in [4.78, 5) is 11.6. The molecule has 0 aliphatic rings. The summed E-state index contributed by atoms with van der Waals surface area (Å²) in [7, 11) is 1.55. The van der Waals surface area contributed by atoms with E-state index >= 15 is 0 Å². The van der Waals surface area contributed by atoms with Gasteiger partial charge in [0.05, 0.1) is 13.7 Å². The summed E-state index contributed by atoms with van der Waals surface area (Å²) in [6.45, 7) is 2.14. The van der Waals surface area contributed by atoms with E-state index in [-0.39, 0.29) is 5.97 Å². The van der Waals surface area contributed by atoms with Crippen LogP contribution >= 0.6 is 15.9 Å². The molecule has 0 radical (unpaired) electrons. The first-order chi connectivity index (χ1) is 7.24. The van der Waals surface area contributed by atoms with Crippen LogP contribution in [0.5, 0.6) is 5.75 Å². The fraction of sp³-hybridized carbons (Fsp3) is 0.364. The minimum Gasteiger partial charge on any atom is -0.496 e. The van der Waals surface area contributed by atoms with E-state index in [9.17, 15) is 4.79 Å². The molecule has 0 N–H and O–H groups in total. The van der Waals surface area contributed by atoms with E-state index in [1.165, 1.54) is 0 Å². The highest BCUT2D eigenvalue weighted by molar-refractivity contribution is 9.08. The van der Waals surface area contributed by atoms with Crippen molar-refractivity contribution in [2.75, 3.05) is 13.7 Å². The lowest BCUT2D eigenvalue weighted by Gasteiger charge is -2.10. The molecule has 4 heteroatoms. The van der Waals surface area contributed by atoms with Crippen molar-refractivity contribution in [1.29, 1.82) is 0 Å². The van der Waals surface area contributed by atoms with Crippen LogP contribution in [-0.4, -0.2) is 19.7 Å². The molecule has 0 amide bonds. The van der Waals surface area contributed by atoms with Gasteiger partial charge in [-0.1, -0.05) is 28.1 Å². The Morgan fingerprint density at radius 3 is 2.73 bits per heavy atom. The Kier molecular flexibility index (Phi) is 4.62. The van der Waals surface area contributed by atoms with Crippen LogP contribution in [0.2, 0.25) is 0 Å². The molecule has 3 nitrogen and oxygen atoms in total. The van der Waals surface area contributed by atoms with Gasteiger partial charge in [0, 0.05) is 10.9 Å². The molecule has 0 atom stereocenters. The number of methoxy groups -OCH3 is 1. The average molecular weight is 273 g/mol. The molecule has 1 rings (SSSR count). The van der Waals surface area contributed by atoms with Crippen LogP contribution in [0, 0.1) is 0 Å². The maximum Gasteiger partial charge on any atom is 0.341 e. The third kappa shape index (κ3) is 2.72. The number of carbonyl (C=O) groups excluding carboxylic acids is 1. The summed E-state index contributed by atoms with van der Waals surface area (Å²) in [5, 5.41) is 0.642. The third-order valence-corrected chi connectivity index (χ3v) is 2.54. The highest BCUT2D eigenvalue weighted by Crippen LogP contribution is 2.26. The van der Waals surface area contributed by atoms with Gasteiger partial charge in [-0.3, -0.25) is 0 Å². The van der Waals surface area contributed by atoms with Gasteiger partial charge >= 0.3 is 5.97 Å². The van der Waals surface area contributed by atoms with E-state index in [0.717, 1.165) is 5.56 Å². The zero-order valence-corrected chi connectivity index (χ0v) is 10.3. The number of hydrogen-bond acceptors (Lipinski definition) is 3. The molecule has 0 aromatic heterocycles. The smallest absolute Gasteiger partial charge is 0.341 e. The quantitative estimate of drug-likeness (QED) is 0.625. The number of esters is 1. The molecule has 0 heterocycles. The molecule has 0 saturated heterocycles. The first-order valence-corrected chi connectivity index (χ1v) is 5.75. The van der Waals surface area contributed by atoms with Crippen LogP contribution in [0.3, 0.4) is 0 Å². The Bertz CT molecular complexity index is 350. The van der Waals surface area contributed by atoms with Crippen molar-refractivity contribution in [2.45, 2.75) is 12.3 Å². The second kappa shape index (κ2) is 5.75. The Morgan fingerprint density at radius 2 is 2.20 bits per heavy atom. The van der Waals surface area contributed by atoms with Gasteiger partial charge in [-0.25, -0.2) is 4.79 Å². The van der Waals surface area contributed by atoms with Crippen molar-refractivity contribution in [3.63, 3.8) is 0 Å². The van der Waals surface area contributed by atoms with Crippen molar-refractivity contribution < 1.29 is 14.3 Å². The van der Waals surface area contributed by atoms with E-state index in [4.69, 9.17) is 9.47 Å². The molecule has 15 heavy (non-hydrogen) atoms. The van der Waals surface area contributed by atoms with E-state index in [2.05, 4.69) is 15.9 Å². The second-order valence-electron chi connectivity index (χ2n) is 2.85.